The summed E-state index contributed by atoms with van der Waals surface area (Å²) in [6, 6.07) is 9.07. The molecule has 1 aromatic heterocycles. The van der Waals surface area contributed by atoms with Crippen LogP contribution in [0, 0.1) is 6.92 Å². The van der Waals surface area contributed by atoms with Gasteiger partial charge in [0.05, 0.1) is 19.1 Å². The van der Waals surface area contributed by atoms with Crippen LogP contribution in [0.15, 0.2) is 30.3 Å². The number of hydrogen-bond donors (Lipinski definition) is 1. The standard InChI is InChI=1S/C17H21N5O4/c1-12-18-19-20-22(12)15(9-13-5-3-2-4-6-13)17(25)21-7-8-26-14(11-21)10-16(23)24/h2-6,14-15H,7-11H2,1H3,(H,23,24). The molecular weight excluding hydrogens is 338 g/mol. The largest absolute Gasteiger partial charge is 0.481 e. The average Bonchev–Trinajstić information content (AvgIpc) is 3.05. The summed E-state index contributed by atoms with van der Waals surface area (Å²) in [5.41, 5.74) is 0.996. The second-order valence-corrected chi connectivity index (χ2v) is 6.25. The van der Waals surface area contributed by atoms with Crippen molar-refractivity contribution in [2.45, 2.75) is 31.9 Å². The van der Waals surface area contributed by atoms with Gasteiger partial charge in [-0.25, -0.2) is 4.68 Å². The number of aryl methyl sites for hydroxylation is 1. The molecule has 1 N–H and O–H groups in total. The van der Waals surface area contributed by atoms with Crippen molar-refractivity contribution in [3.63, 3.8) is 0 Å². The molecule has 0 spiro atoms. The van der Waals surface area contributed by atoms with Gasteiger partial charge in [0.15, 0.2) is 0 Å². The second-order valence-electron chi connectivity index (χ2n) is 6.25. The number of morpholine rings is 1. The number of nitrogens with zero attached hydrogens (tertiary/aromatic N) is 5. The minimum Gasteiger partial charge on any atom is -0.481 e. The fourth-order valence-electron chi connectivity index (χ4n) is 3.09. The molecular formula is C17H21N5O4. The van der Waals surface area contributed by atoms with E-state index in [2.05, 4.69) is 15.5 Å². The number of carbonyl (C=O) groups excluding carboxylic acids is 1. The Morgan fingerprint density at radius 1 is 1.35 bits per heavy atom. The molecule has 0 radical (unpaired) electrons. The van der Waals surface area contributed by atoms with Gasteiger partial charge in [0.2, 0.25) is 5.91 Å². The zero-order valence-corrected chi connectivity index (χ0v) is 14.5. The molecule has 2 atom stereocenters. The molecule has 2 heterocycles. The van der Waals surface area contributed by atoms with Gasteiger partial charge in [0.1, 0.15) is 11.9 Å². The number of aromatic nitrogens is 4. The number of carboxylic acids is 1. The Bertz CT molecular complexity index is 764. The molecule has 1 amide bonds. The molecule has 9 heteroatoms. The molecule has 1 aliphatic heterocycles. The molecule has 0 aliphatic carbocycles. The molecule has 1 aromatic carbocycles. The maximum atomic E-state index is 13.2. The number of benzene rings is 1. The average molecular weight is 359 g/mol. The number of carbonyl (C=O) groups is 2. The Balaban J connectivity index is 1.80. The molecule has 9 nitrogen and oxygen atoms in total. The van der Waals surface area contributed by atoms with Crippen molar-refractivity contribution in [1.82, 2.24) is 25.1 Å². The summed E-state index contributed by atoms with van der Waals surface area (Å²) in [7, 11) is 0. The maximum Gasteiger partial charge on any atom is 0.306 e. The van der Waals surface area contributed by atoms with Crippen molar-refractivity contribution in [2.24, 2.45) is 0 Å². The van der Waals surface area contributed by atoms with Crippen LogP contribution >= 0.6 is 0 Å². The monoisotopic (exact) mass is 359 g/mol. The molecule has 1 fully saturated rings. The molecule has 1 aliphatic rings. The van der Waals surface area contributed by atoms with Crippen LogP contribution in [0.25, 0.3) is 0 Å². The van der Waals surface area contributed by atoms with Crippen LogP contribution in [0.5, 0.6) is 0 Å². The summed E-state index contributed by atoms with van der Waals surface area (Å²) in [5.74, 6) is -0.529. The number of hydrogen-bond acceptors (Lipinski definition) is 6. The molecule has 0 saturated carbocycles. The number of amides is 1. The fourth-order valence-corrected chi connectivity index (χ4v) is 3.09. The van der Waals surface area contributed by atoms with Crippen LogP contribution in [0.3, 0.4) is 0 Å². The van der Waals surface area contributed by atoms with Gasteiger partial charge in [0.25, 0.3) is 0 Å². The van der Waals surface area contributed by atoms with E-state index in [1.807, 2.05) is 30.3 Å². The van der Waals surface area contributed by atoms with Crippen LogP contribution in [0.1, 0.15) is 23.9 Å². The molecule has 1 saturated heterocycles. The second kappa shape index (κ2) is 8.05. The van der Waals surface area contributed by atoms with E-state index in [-0.39, 0.29) is 18.9 Å². The molecule has 0 bridgehead atoms. The fraction of sp³-hybridized carbons (Fsp3) is 0.471. The predicted octanol–water partition coefficient (Wildman–Crippen LogP) is 0.467. The number of carboxylic acid groups (broad SMARTS) is 1. The molecule has 2 unspecified atom stereocenters. The van der Waals surface area contributed by atoms with Gasteiger partial charge in [-0.05, 0) is 22.9 Å². The highest BCUT2D eigenvalue weighted by Gasteiger charge is 2.32. The van der Waals surface area contributed by atoms with E-state index in [1.165, 1.54) is 4.68 Å². The topological polar surface area (TPSA) is 110 Å². The van der Waals surface area contributed by atoms with Crippen molar-refractivity contribution in [1.29, 1.82) is 0 Å². The van der Waals surface area contributed by atoms with Crippen molar-refractivity contribution in [3.8, 4) is 0 Å². The van der Waals surface area contributed by atoms with Crippen molar-refractivity contribution < 1.29 is 19.4 Å². The lowest BCUT2D eigenvalue weighted by Gasteiger charge is -2.34. The number of ether oxygens (including phenoxy) is 1. The van der Waals surface area contributed by atoms with E-state index < -0.39 is 18.1 Å². The predicted molar refractivity (Wildman–Crippen MR) is 90.3 cm³/mol. The first-order chi connectivity index (χ1) is 12.5. The Morgan fingerprint density at radius 3 is 2.77 bits per heavy atom. The highest BCUT2D eigenvalue weighted by atomic mass is 16.5. The summed E-state index contributed by atoms with van der Waals surface area (Å²) in [5, 5.41) is 20.5. The number of tetrazole rings is 1. The highest BCUT2D eigenvalue weighted by Crippen LogP contribution is 2.20. The van der Waals surface area contributed by atoms with Gasteiger partial charge in [-0.1, -0.05) is 30.3 Å². The smallest absolute Gasteiger partial charge is 0.306 e. The summed E-state index contributed by atoms with van der Waals surface area (Å²) in [4.78, 5) is 25.8. The Kier molecular flexibility index (Phi) is 5.57. The third-order valence-corrected chi connectivity index (χ3v) is 4.36. The van der Waals surface area contributed by atoms with Gasteiger partial charge in [-0.2, -0.15) is 0 Å². The minimum atomic E-state index is -0.943. The van der Waals surface area contributed by atoms with Gasteiger partial charge in [0, 0.05) is 19.5 Å². The molecule has 138 valence electrons. The van der Waals surface area contributed by atoms with Gasteiger partial charge >= 0.3 is 5.97 Å². The van der Waals surface area contributed by atoms with E-state index >= 15 is 0 Å². The highest BCUT2D eigenvalue weighted by molar-refractivity contribution is 5.81. The van der Waals surface area contributed by atoms with Gasteiger partial charge < -0.3 is 14.7 Å². The minimum absolute atomic E-state index is 0.128. The lowest BCUT2D eigenvalue weighted by Crippen LogP contribution is -2.49. The van der Waals surface area contributed by atoms with Crippen LogP contribution in [-0.4, -0.2) is 67.9 Å². The van der Waals surface area contributed by atoms with E-state index in [0.717, 1.165) is 5.56 Å². The summed E-state index contributed by atoms with van der Waals surface area (Å²) < 4.78 is 6.98. The van der Waals surface area contributed by atoms with E-state index in [0.29, 0.717) is 25.4 Å². The zero-order chi connectivity index (χ0) is 18.5. The normalized spacial score (nSPS) is 18.5. The maximum absolute atomic E-state index is 13.2. The Hall–Kier alpha value is -2.81. The van der Waals surface area contributed by atoms with Gasteiger partial charge in [-0.3, -0.25) is 9.59 Å². The van der Waals surface area contributed by atoms with Crippen LogP contribution in [0.4, 0.5) is 0 Å². The van der Waals surface area contributed by atoms with E-state index in [1.54, 1.807) is 11.8 Å². The van der Waals surface area contributed by atoms with Crippen molar-refractivity contribution >= 4 is 11.9 Å². The zero-order valence-electron chi connectivity index (χ0n) is 14.5. The molecule has 26 heavy (non-hydrogen) atoms. The lowest BCUT2D eigenvalue weighted by atomic mass is 10.0. The van der Waals surface area contributed by atoms with E-state index in [9.17, 15) is 9.59 Å². The third-order valence-electron chi connectivity index (χ3n) is 4.36. The molecule has 2 aromatic rings. The summed E-state index contributed by atoms with van der Waals surface area (Å²) >= 11 is 0. The molecule has 3 rings (SSSR count). The van der Waals surface area contributed by atoms with Crippen molar-refractivity contribution in [3.05, 3.63) is 41.7 Å². The number of aliphatic carboxylic acids is 1. The van der Waals surface area contributed by atoms with Crippen LogP contribution in [0.2, 0.25) is 0 Å². The summed E-state index contributed by atoms with van der Waals surface area (Å²) in [6.07, 6.45) is -0.179. The SMILES string of the molecule is Cc1nnnn1C(Cc1ccccc1)C(=O)N1CCOC(CC(=O)O)C1. The first-order valence-corrected chi connectivity index (χ1v) is 8.45. The van der Waals surface area contributed by atoms with Crippen LogP contribution in [-0.2, 0) is 20.7 Å². The summed E-state index contributed by atoms with van der Waals surface area (Å²) in [6.45, 7) is 2.73. The van der Waals surface area contributed by atoms with Crippen LogP contribution < -0.4 is 0 Å². The first kappa shape index (κ1) is 18.0. The van der Waals surface area contributed by atoms with Crippen molar-refractivity contribution in [2.75, 3.05) is 19.7 Å². The first-order valence-electron chi connectivity index (χ1n) is 8.45. The third kappa shape index (κ3) is 4.23. The Labute approximate surface area is 150 Å². The number of rotatable bonds is 6. The van der Waals surface area contributed by atoms with Gasteiger partial charge in [-0.15, -0.1) is 5.10 Å². The lowest BCUT2D eigenvalue weighted by molar-refractivity contribution is -0.149. The van der Waals surface area contributed by atoms with E-state index in [4.69, 9.17) is 9.84 Å². The Morgan fingerprint density at radius 2 is 2.12 bits per heavy atom. The quantitative estimate of drug-likeness (QED) is 0.798.